The molecule has 0 aliphatic heterocycles. The summed E-state index contributed by atoms with van der Waals surface area (Å²) in [4.78, 5) is 43.0. The maximum Gasteiger partial charge on any atom is 0.413 e. The van der Waals surface area contributed by atoms with Crippen LogP contribution >= 0.6 is 11.3 Å². The fraction of sp³-hybridized carbons (Fsp3) is 0.462. The van der Waals surface area contributed by atoms with Gasteiger partial charge in [-0.15, -0.1) is 11.3 Å². The molecule has 0 aliphatic rings. The number of oxime groups is 1. The second kappa shape index (κ2) is 8.47. The maximum atomic E-state index is 11.7. The highest BCUT2D eigenvalue weighted by molar-refractivity contribution is 7.14. The van der Waals surface area contributed by atoms with E-state index in [0.717, 1.165) is 11.3 Å². The predicted octanol–water partition coefficient (Wildman–Crippen LogP) is 0.775. The zero-order valence-electron chi connectivity index (χ0n) is 14.4. The molecule has 12 heteroatoms. The van der Waals surface area contributed by atoms with Crippen LogP contribution < -0.4 is 5.32 Å². The van der Waals surface area contributed by atoms with Gasteiger partial charge in [-0.25, -0.2) is 19.4 Å². The molecule has 25 heavy (non-hydrogen) atoms. The van der Waals surface area contributed by atoms with Gasteiger partial charge in [-0.3, -0.25) is 5.32 Å². The maximum absolute atomic E-state index is 11.7. The Morgan fingerprint density at radius 1 is 1.40 bits per heavy atom. The van der Waals surface area contributed by atoms with Crippen LogP contribution in [-0.2, 0) is 23.8 Å². The average molecular weight is 371 g/mol. The quantitative estimate of drug-likeness (QED) is 0.425. The van der Waals surface area contributed by atoms with E-state index in [1.54, 1.807) is 20.8 Å². The smallest absolute Gasteiger partial charge is 0.413 e. The first-order valence-corrected chi connectivity index (χ1v) is 7.92. The van der Waals surface area contributed by atoms with E-state index < -0.39 is 35.4 Å². The molecule has 136 valence electrons. The van der Waals surface area contributed by atoms with Crippen molar-refractivity contribution < 1.29 is 33.7 Å². The fourth-order valence-electron chi connectivity index (χ4n) is 1.37. The van der Waals surface area contributed by atoms with Gasteiger partial charge in [-0.1, -0.05) is 5.16 Å². The van der Waals surface area contributed by atoms with Gasteiger partial charge in [0, 0.05) is 5.38 Å². The molecule has 1 aromatic heterocycles. The standard InChI is InChI=1S/C13H18BN3O7S/c1-6(10(20)23-14)24-17-8(9(18)19)7-5-25-11(15-7)16-12(21)22-13(2,3)4/h5-6H,14H2,1-4H3,(H,18,19)(H,15,16,21)/b17-8-/t6-/m1/s1. The number of carbonyl (C=O) groups excluding carboxylic acids is 2. The number of carbonyl (C=O) groups is 3. The molecule has 1 rings (SSSR count). The largest absolute Gasteiger partial charge is 0.541 e. The van der Waals surface area contributed by atoms with Crippen molar-refractivity contribution in [3.05, 3.63) is 11.1 Å². The highest BCUT2D eigenvalue weighted by atomic mass is 32.1. The summed E-state index contributed by atoms with van der Waals surface area (Å²) in [6.07, 6.45) is -1.81. The summed E-state index contributed by atoms with van der Waals surface area (Å²) in [6, 6.07) is 0. The van der Waals surface area contributed by atoms with Gasteiger partial charge in [0.2, 0.25) is 11.8 Å². The summed E-state index contributed by atoms with van der Waals surface area (Å²) in [5, 5.41) is 16.5. The third-order valence-corrected chi connectivity index (χ3v) is 3.15. The predicted molar refractivity (Wildman–Crippen MR) is 91.3 cm³/mol. The molecule has 1 atom stereocenters. The number of anilines is 1. The van der Waals surface area contributed by atoms with Gasteiger partial charge in [-0.05, 0) is 27.7 Å². The van der Waals surface area contributed by atoms with Gasteiger partial charge in [0.05, 0.1) is 0 Å². The minimum absolute atomic E-state index is 0.0411. The van der Waals surface area contributed by atoms with Crippen molar-refractivity contribution in [1.82, 2.24) is 4.98 Å². The number of nitrogens with zero attached hydrogens (tertiary/aromatic N) is 2. The topological polar surface area (TPSA) is 136 Å². The van der Waals surface area contributed by atoms with Crippen LogP contribution in [0.4, 0.5) is 9.93 Å². The Labute approximate surface area is 148 Å². The van der Waals surface area contributed by atoms with Crippen molar-refractivity contribution in [3.8, 4) is 0 Å². The molecule has 0 saturated carbocycles. The normalized spacial score (nSPS) is 12.9. The number of nitrogens with one attached hydrogen (secondary N) is 1. The van der Waals surface area contributed by atoms with Crippen molar-refractivity contribution in [1.29, 1.82) is 0 Å². The summed E-state index contributed by atoms with van der Waals surface area (Å²) in [5.41, 5.74) is -1.25. The molecule has 0 bridgehead atoms. The summed E-state index contributed by atoms with van der Waals surface area (Å²) >= 11 is 0.980. The summed E-state index contributed by atoms with van der Waals surface area (Å²) in [6.45, 7) is 6.46. The Kier molecular flexibility index (Phi) is 6.91. The number of rotatable bonds is 6. The number of aliphatic carboxylic acids is 1. The van der Waals surface area contributed by atoms with Crippen LogP contribution in [0.5, 0.6) is 0 Å². The zero-order valence-corrected chi connectivity index (χ0v) is 15.2. The Morgan fingerprint density at radius 2 is 2.04 bits per heavy atom. The third kappa shape index (κ3) is 6.79. The molecule has 0 saturated heterocycles. The lowest BCUT2D eigenvalue weighted by molar-refractivity contribution is -0.146. The van der Waals surface area contributed by atoms with Crippen LogP contribution in [0.3, 0.4) is 0 Å². The zero-order chi connectivity index (χ0) is 19.2. The van der Waals surface area contributed by atoms with E-state index in [1.165, 1.54) is 20.4 Å². The number of ether oxygens (including phenoxy) is 1. The first-order valence-electron chi connectivity index (χ1n) is 7.04. The lowest BCUT2D eigenvalue weighted by Gasteiger charge is -2.18. The van der Waals surface area contributed by atoms with E-state index in [-0.39, 0.29) is 10.8 Å². The molecule has 1 heterocycles. The molecule has 0 aromatic carbocycles. The number of carboxylic acids is 1. The monoisotopic (exact) mass is 371 g/mol. The highest BCUT2D eigenvalue weighted by Crippen LogP contribution is 2.18. The van der Waals surface area contributed by atoms with Gasteiger partial charge in [0.1, 0.15) is 11.3 Å². The molecule has 2 N–H and O–H groups in total. The van der Waals surface area contributed by atoms with Crippen LogP contribution in [0.15, 0.2) is 10.5 Å². The summed E-state index contributed by atoms with van der Waals surface area (Å²) < 4.78 is 9.51. The third-order valence-electron chi connectivity index (χ3n) is 2.39. The Bertz CT molecular complexity index is 683. The number of aromatic nitrogens is 1. The second-order valence-electron chi connectivity index (χ2n) is 5.68. The first kappa shape index (κ1) is 20.4. The summed E-state index contributed by atoms with van der Waals surface area (Å²) in [7, 11) is 1.17. The Morgan fingerprint density at radius 3 is 2.56 bits per heavy atom. The summed E-state index contributed by atoms with van der Waals surface area (Å²) in [5.74, 6) is -2.12. The number of thiazole rings is 1. The van der Waals surface area contributed by atoms with Gasteiger partial charge < -0.3 is 19.3 Å². The number of amides is 1. The van der Waals surface area contributed by atoms with Crippen molar-refractivity contribution in [2.24, 2.45) is 5.16 Å². The van der Waals surface area contributed by atoms with Gasteiger partial charge in [-0.2, -0.15) is 0 Å². The van der Waals surface area contributed by atoms with Gasteiger partial charge in [0.15, 0.2) is 5.13 Å². The second-order valence-corrected chi connectivity index (χ2v) is 6.54. The first-order chi connectivity index (χ1) is 11.5. The minimum atomic E-state index is -1.41. The van der Waals surface area contributed by atoms with E-state index in [0.29, 0.717) is 0 Å². The molecular formula is C13H18BN3O7S. The number of hydrogen-bond donors (Lipinski definition) is 2. The molecule has 1 aromatic rings. The molecular weight excluding hydrogens is 353 g/mol. The lowest BCUT2D eigenvalue weighted by atomic mass is 10.2. The highest BCUT2D eigenvalue weighted by Gasteiger charge is 2.22. The van der Waals surface area contributed by atoms with Crippen LogP contribution in [0.2, 0.25) is 0 Å². The molecule has 1 amide bonds. The van der Waals surface area contributed by atoms with Crippen molar-refractivity contribution in [3.63, 3.8) is 0 Å². The van der Waals surface area contributed by atoms with E-state index in [1.807, 2.05) is 0 Å². The SMILES string of the molecule is BOC(=O)[C@@H](C)O/N=C(\C(=O)O)c1csc(NC(=O)OC(C)(C)C)n1. The minimum Gasteiger partial charge on any atom is -0.541 e. The van der Waals surface area contributed by atoms with Crippen molar-refractivity contribution >= 4 is 48.3 Å². The Balaban J connectivity index is 2.86. The molecule has 0 spiro atoms. The van der Waals surface area contributed by atoms with Crippen molar-refractivity contribution in [2.75, 3.05) is 5.32 Å². The molecule has 0 aliphatic carbocycles. The van der Waals surface area contributed by atoms with Crippen LogP contribution in [0.1, 0.15) is 33.4 Å². The van der Waals surface area contributed by atoms with Crippen molar-refractivity contribution in [2.45, 2.75) is 39.4 Å². The van der Waals surface area contributed by atoms with Gasteiger partial charge in [0.25, 0.3) is 0 Å². The van der Waals surface area contributed by atoms with Crippen LogP contribution in [0, 0.1) is 0 Å². The molecule has 0 radical (unpaired) electrons. The number of hydrogen-bond acceptors (Lipinski definition) is 9. The lowest BCUT2D eigenvalue weighted by Crippen LogP contribution is -2.27. The van der Waals surface area contributed by atoms with Gasteiger partial charge >= 0.3 is 26.1 Å². The molecule has 0 fully saturated rings. The average Bonchev–Trinajstić information content (AvgIpc) is 2.91. The number of carboxylic acid groups (broad SMARTS) is 1. The van der Waals surface area contributed by atoms with E-state index in [9.17, 15) is 19.5 Å². The Hall–Kier alpha value is -2.63. The molecule has 10 nitrogen and oxygen atoms in total. The van der Waals surface area contributed by atoms with E-state index >= 15 is 0 Å². The van der Waals surface area contributed by atoms with Crippen LogP contribution in [0.25, 0.3) is 0 Å². The van der Waals surface area contributed by atoms with Crippen LogP contribution in [-0.4, -0.2) is 53.6 Å². The molecule has 0 unspecified atom stereocenters. The van der Waals surface area contributed by atoms with E-state index in [4.69, 9.17) is 9.57 Å². The fourth-order valence-corrected chi connectivity index (χ4v) is 2.05. The van der Waals surface area contributed by atoms with E-state index in [2.05, 4.69) is 20.1 Å².